The van der Waals surface area contributed by atoms with Gasteiger partial charge in [-0.15, -0.1) is 0 Å². The van der Waals surface area contributed by atoms with E-state index in [1.165, 1.54) is 0 Å². The van der Waals surface area contributed by atoms with Crippen molar-refractivity contribution in [2.45, 2.75) is 18.5 Å². The van der Waals surface area contributed by atoms with Gasteiger partial charge in [-0.1, -0.05) is 0 Å². The van der Waals surface area contributed by atoms with E-state index in [4.69, 9.17) is 5.11 Å². The fourth-order valence-corrected chi connectivity index (χ4v) is 1.26. The van der Waals surface area contributed by atoms with Gasteiger partial charge in [0.25, 0.3) is 0 Å². The first-order valence-corrected chi connectivity index (χ1v) is 4.89. The summed E-state index contributed by atoms with van der Waals surface area (Å²) in [6, 6.07) is 0. The molecule has 0 spiro atoms. The molecule has 0 radical (unpaired) electrons. The van der Waals surface area contributed by atoms with Crippen molar-refractivity contribution in [2.24, 2.45) is 4.99 Å². The first kappa shape index (κ1) is 14.8. The first-order chi connectivity index (χ1) is 8.10. The predicted octanol–water partition coefficient (Wildman–Crippen LogP) is 1.74. The van der Waals surface area contributed by atoms with Crippen molar-refractivity contribution in [1.82, 2.24) is 4.90 Å². The van der Waals surface area contributed by atoms with Crippen LogP contribution in [0.25, 0.3) is 0 Å². The molecule has 18 heavy (non-hydrogen) atoms. The summed E-state index contributed by atoms with van der Waals surface area (Å²) in [5.74, 6) is 0. The molecule has 0 amide bonds. The Morgan fingerprint density at radius 3 is 2.39 bits per heavy atom. The highest BCUT2D eigenvalue weighted by Gasteiger charge is 2.39. The first-order valence-electron chi connectivity index (χ1n) is 4.89. The van der Waals surface area contributed by atoms with Crippen LogP contribution in [0.5, 0.6) is 0 Å². The second-order valence-corrected chi connectivity index (χ2v) is 3.63. The Hall–Kier alpha value is -1.25. The van der Waals surface area contributed by atoms with E-state index in [0.29, 0.717) is 6.08 Å². The Bertz CT molecular complexity index is 346. The van der Waals surface area contributed by atoms with Crippen LogP contribution >= 0.6 is 0 Å². The SMILES string of the molecule is O[C@H](CN1C=CC(C(F)(F)F)=NCC1)C(F)(F)F. The maximum absolute atomic E-state index is 12.3. The minimum Gasteiger partial charge on any atom is -0.382 e. The fraction of sp³-hybridized carbons (Fsp3) is 0.667. The number of hydrogen-bond acceptors (Lipinski definition) is 3. The average Bonchev–Trinajstić information content (AvgIpc) is 2.40. The second kappa shape index (κ2) is 5.17. The van der Waals surface area contributed by atoms with Gasteiger partial charge in [0.2, 0.25) is 0 Å². The van der Waals surface area contributed by atoms with E-state index in [1.54, 1.807) is 0 Å². The molecule has 0 aromatic carbocycles. The van der Waals surface area contributed by atoms with E-state index >= 15 is 0 Å². The van der Waals surface area contributed by atoms with Crippen molar-refractivity contribution in [3.8, 4) is 0 Å². The van der Waals surface area contributed by atoms with E-state index in [-0.39, 0.29) is 13.1 Å². The maximum atomic E-state index is 12.3. The molecule has 0 bridgehead atoms. The summed E-state index contributed by atoms with van der Waals surface area (Å²) in [5, 5.41) is 8.80. The van der Waals surface area contributed by atoms with Crippen LogP contribution in [0.2, 0.25) is 0 Å². The molecule has 0 aliphatic carbocycles. The Balaban J connectivity index is 2.65. The number of aliphatic imine (C=N–C) groups is 1. The van der Waals surface area contributed by atoms with E-state index in [9.17, 15) is 26.3 Å². The zero-order valence-electron chi connectivity index (χ0n) is 8.96. The van der Waals surface area contributed by atoms with Crippen LogP contribution in [-0.2, 0) is 0 Å². The van der Waals surface area contributed by atoms with Crippen LogP contribution < -0.4 is 0 Å². The maximum Gasteiger partial charge on any atom is 0.432 e. The van der Waals surface area contributed by atoms with Crippen LogP contribution in [0.15, 0.2) is 17.3 Å². The third-order valence-electron chi connectivity index (χ3n) is 2.19. The molecule has 1 aliphatic heterocycles. The molecule has 3 nitrogen and oxygen atoms in total. The van der Waals surface area contributed by atoms with E-state index < -0.39 is 30.7 Å². The molecule has 1 atom stereocenters. The molecule has 0 aromatic rings. The average molecular weight is 276 g/mol. The number of rotatable bonds is 2. The Labute approximate surface area is 98.4 Å². The van der Waals surface area contributed by atoms with Crippen molar-refractivity contribution < 1.29 is 31.4 Å². The van der Waals surface area contributed by atoms with Crippen molar-refractivity contribution in [2.75, 3.05) is 19.6 Å². The summed E-state index contributed by atoms with van der Waals surface area (Å²) in [5.41, 5.74) is -1.15. The van der Waals surface area contributed by atoms with Gasteiger partial charge >= 0.3 is 12.4 Å². The zero-order valence-corrected chi connectivity index (χ0v) is 8.96. The van der Waals surface area contributed by atoms with Gasteiger partial charge in [-0.25, -0.2) is 0 Å². The summed E-state index contributed by atoms with van der Waals surface area (Å²) in [6.07, 6.45) is -10.6. The number of β-amino-alcohol motifs (C(OH)–C–C–N with tert-alkyl or cyclic N) is 1. The van der Waals surface area contributed by atoms with Gasteiger partial charge in [0.1, 0.15) is 5.71 Å². The lowest BCUT2D eigenvalue weighted by Crippen LogP contribution is -2.39. The van der Waals surface area contributed by atoms with Gasteiger partial charge in [0, 0.05) is 12.7 Å². The van der Waals surface area contributed by atoms with Gasteiger partial charge in [0.15, 0.2) is 6.10 Å². The van der Waals surface area contributed by atoms with Crippen molar-refractivity contribution in [1.29, 1.82) is 0 Å². The summed E-state index contributed by atoms with van der Waals surface area (Å²) >= 11 is 0. The van der Waals surface area contributed by atoms with Crippen molar-refractivity contribution in [3.63, 3.8) is 0 Å². The van der Waals surface area contributed by atoms with Crippen LogP contribution in [0, 0.1) is 0 Å². The molecule has 1 rings (SSSR count). The number of halogens is 6. The minimum absolute atomic E-state index is 0.122. The molecule has 1 N–H and O–H groups in total. The molecule has 0 aromatic heterocycles. The minimum atomic E-state index is -4.80. The van der Waals surface area contributed by atoms with Gasteiger partial charge in [-0.2, -0.15) is 26.3 Å². The number of hydrogen-bond donors (Lipinski definition) is 1. The highest BCUT2D eigenvalue weighted by molar-refractivity contribution is 5.99. The Kier molecular flexibility index (Phi) is 4.25. The van der Waals surface area contributed by atoms with Crippen LogP contribution in [0.1, 0.15) is 0 Å². The van der Waals surface area contributed by atoms with Gasteiger partial charge in [0.05, 0.1) is 13.1 Å². The molecular weight excluding hydrogens is 266 g/mol. The summed E-state index contributed by atoms with van der Waals surface area (Å²) in [4.78, 5) is 4.16. The summed E-state index contributed by atoms with van der Waals surface area (Å²) in [7, 11) is 0. The lowest BCUT2D eigenvalue weighted by molar-refractivity contribution is -0.206. The van der Waals surface area contributed by atoms with Crippen LogP contribution in [0.3, 0.4) is 0 Å². The highest BCUT2D eigenvalue weighted by atomic mass is 19.4. The van der Waals surface area contributed by atoms with E-state index in [0.717, 1.165) is 11.1 Å². The molecule has 0 saturated heterocycles. The molecule has 0 fully saturated rings. The largest absolute Gasteiger partial charge is 0.432 e. The van der Waals surface area contributed by atoms with Gasteiger partial charge < -0.3 is 10.0 Å². The Morgan fingerprint density at radius 1 is 1.28 bits per heavy atom. The quantitative estimate of drug-likeness (QED) is 0.780. The standard InChI is InChI=1S/C9H10F6N2O/c10-8(11,12)6-1-3-17(4-2-16-6)5-7(18)9(13,14)15/h1,3,7,18H,2,4-5H2/t7-/m1/s1. The number of nitrogens with zero attached hydrogens (tertiary/aromatic N) is 2. The molecule has 1 aliphatic rings. The number of alkyl halides is 6. The smallest absolute Gasteiger partial charge is 0.382 e. The monoisotopic (exact) mass is 276 g/mol. The molecule has 9 heteroatoms. The van der Waals surface area contributed by atoms with Crippen molar-refractivity contribution >= 4 is 5.71 Å². The second-order valence-electron chi connectivity index (χ2n) is 3.63. The third kappa shape index (κ3) is 4.21. The molecule has 1 heterocycles. The lowest BCUT2D eigenvalue weighted by Gasteiger charge is -2.23. The van der Waals surface area contributed by atoms with Crippen molar-refractivity contribution in [3.05, 3.63) is 12.3 Å². The van der Waals surface area contributed by atoms with Crippen LogP contribution in [0.4, 0.5) is 26.3 Å². The molecular formula is C9H10F6N2O. The summed E-state index contributed by atoms with van der Waals surface area (Å²) < 4.78 is 73.0. The Morgan fingerprint density at radius 2 is 1.89 bits per heavy atom. The predicted molar refractivity (Wildman–Crippen MR) is 51.1 cm³/mol. The normalized spacial score (nSPS) is 19.5. The fourth-order valence-electron chi connectivity index (χ4n) is 1.26. The number of aliphatic hydroxyl groups excluding tert-OH is 1. The van der Waals surface area contributed by atoms with Gasteiger partial charge in [-0.05, 0) is 6.08 Å². The molecule has 104 valence electrons. The van der Waals surface area contributed by atoms with Gasteiger partial charge in [-0.3, -0.25) is 4.99 Å². The zero-order chi connectivity index (χ0) is 14.0. The third-order valence-corrected chi connectivity index (χ3v) is 2.19. The van der Waals surface area contributed by atoms with E-state index in [2.05, 4.69) is 4.99 Å². The lowest BCUT2D eigenvalue weighted by atomic mass is 10.3. The molecule has 0 unspecified atom stereocenters. The topological polar surface area (TPSA) is 35.8 Å². The number of allylic oxidation sites excluding steroid dienone is 1. The summed E-state index contributed by atoms with van der Waals surface area (Å²) in [6.45, 7) is -1.23. The van der Waals surface area contributed by atoms with E-state index in [1.807, 2.05) is 0 Å². The molecule has 0 saturated carbocycles. The highest BCUT2D eigenvalue weighted by Crippen LogP contribution is 2.22. The number of aliphatic hydroxyl groups is 1. The van der Waals surface area contributed by atoms with Crippen LogP contribution in [-0.4, -0.2) is 53.8 Å².